The fraction of sp³-hybridized carbons (Fsp3) is 0.375. The second-order valence-electron chi connectivity index (χ2n) is 2.54. The zero-order valence-electron chi connectivity index (χ0n) is 5.35. The summed E-state index contributed by atoms with van der Waals surface area (Å²) in [6.45, 7) is 0. The minimum atomic E-state index is 1.17. The maximum absolute atomic E-state index is 3.12. The van der Waals surface area contributed by atoms with Gasteiger partial charge in [-0.05, 0) is 36.8 Å². The van der Waals surface area contributed by atoms with E-state index in [0.29, 0.717) is 0 Å². The average molecular weight is 120 g/mol. The first-order valence-corrected chi connectivity index (χ1v) is 3.43. The standard InChI is InChI=1S/C8H10N/c1-2-4-8-6-9-5-7(8)3-1/h1,5-6,9H,2-4H2. The molecule has 1 nitrogen and oxygen atoms in total. The molecule has 0 aromatic carbocycles. The van der Waals surface area contributed by atoms with E-state index >= 15 is 0 Å². The molecule has 1 heteroatoms. The van der Waals surface area contributed by atoms with E-state index in [1.54, 1.807) is 0 Å². The number of hydrogen-bond donors (Lipinski definition) is 1. The van der Waals surface area contributed by atoms with Gasteiger partial charge in [0.1, 0.15) is 0 Å². The van der Waals surface area contributed by atoms with E-state index in [4.69, 9.17) is 0 Å². The number of aromatic nitrogens is 1. The summed E-state index contributed by atoms with van der Waals surface area (Å²) in [5.74, 6) is 0. The molecule has 1 N–H and O–H groups in total. The van der Waals surface area contributed by atoms with Gasteiger partial charge in [-0.2, -0.15) is 0 Å². The molecule has 1 aliphatic rings. The average Bonchev–Trinajstić information content (AvgIpc) is 2.33. The van der Waals surface area contributed by atoms with Gasteiger partial charge in [0.25, 0.3) is 0 Å². The number of hydrogen-bond acceptors (Lipinski definition) is 0. The van der Waals surface area contributed by atoms with Gasteiger partial charge < -0.3 is 4.98 Å². The lowest BCUT2D eigenvalue weighted by Crippen LogP contribution is -1.98. The van der Waals surface area contributed by atoms with Crippen molar-refractivity contribution < 1.29 is 0 Å². The molecule has 0 atom stereocenters. The number of rotatable bonds is 0. The van der Waals surface area contributed by atoms with Crippen LogP contribution in [0.3, 0.4) is 0 Å². The van der Waals surface area contributed by atoms with E-state index in [1.165, 1.54) is 30.4 Å². The van der Waals surface area contributed by atoms with Crippen LogP contribution >= 0.6 is 0 Å². The predicted molar refractivity (Wildman–Crippen MR) is 37.1 cm³/mol. The second-order valence-corrected chi connectivity index (χ2v) is 2.54. The zero-order valence-corrected chi connectivity index (χ0v) is 5.35. The first-order valence-electron chi connectivity index (χ1n) is 3.43. The Bertz CT molecular complexity index is 180. The maximum Gasteiger partial charge on any atom is 0.00403 e. The summed E-state index contributed by atoms with van der Waals surface area (Å²) in [4.78, 5) is 3.12. The van der Waals surface area contributed by atoms with Gasteiger partial charge in [-0.25, -0.2) is 0 Å². The normalized spacial score (nSPS) is 17.3. The minimum absolute atomic E-state index is 1.17. The van der Waals surface area contributed by atoms with Gasteiger partial charge >= 0.3 is 0 Å². The lowest BCUT2D eigenvalue weighted by molar-refractivity contribution is 0.837. The van der Waals surface area contributed by atoms with Crippen LogP contribution in [0.1, 0.15) is 17.5 Å². The fourth-order valence-corrected chi connectivity index (χ4v) is 1.37. The molecule has 1 aromatic heterocycles. The quantitative estimate of drug-likeness (QED) is 0.536. The van der Waals surface area contributed by atoms with Crippen LogP contribution in [-0.2, 0) is 12.8 Å². The van der Waals surface area contributed by atoms with Gasteiger partial charge in [0.15, 0.2) is 0 Å². The molecule has 1 aliphatic carbocycles. The Morgan fingerprint density at radius 3 is 3.00 bits per heavy atom. The summed E-state index contributed by atoms with van der Waals surface area (Å²) >= 11 is 0. The largest absolute Gasteiger partial charge is 0.367 e. The van der Waals surface area contributed by atoms with Crippen molar-refractivity contribution in [3.8, 4) is 0 Å². The molecule has 2 rings (SSSR count). The van der Waals surface area contributed by atoms with Crippen LogP contribution in [0.15, 0.2) is 12.4 Å². The third-order valence-electron chi connectivity index (χ3n) is 1.91. The van der Waals surface area contributed by atoms with E-state index in [1.807, 2.05) is 0 Å². The highest BCUT2D eigenvalue weighted by atomic mass is 14.6. The lowest BCUT2D eigenvalue weighted by atomic mass is 9.96. The monoisotopic (exact) mass is 120 g/mol. The molecule has 1 aromatic rings. The summed E-state index contributed by atoms with van der Waals surface area (Å²) in [5, 5.41) is 0. The van der Waals surface area contributed by atoms with Crippen LogP contribution in [0.25, 0.3) is 0 Å². The molecule has 0 aliphatic heterocycles. The molecular formula is C8H10N. The summed E-state index contributed by atoms with van der Waals surface area (Å²) < 4.78 is 0. The fourth-order valence-electron chi connectivity index (χ4n) is 1.37. The van der Waals surface area contributed by atoms with Crippen LogP contribution in [0.5, 0.6) is 0 Å². The van der Waals surface area contributed by atoms with Gasteiger partial charge in [0, 0.05) is 12.4 Å². The SMILES string of the molecule is [CH]1CCc2c[nH]cc2C1. The van der Waals surface area contributed by atoms with Crippen molar-refractivity contribution in [3.05, 3.63) is 29.9 Å². The van der Waals surface area contributed by atoms with Crippen LogP contribution < -0.4 is 0 Å². The Morgan fingerprint density at radius 1 is 1.22 bits per heavy atom. The summed E-state index contributed by atoms with van der Waals surface area (Å²) in [7, 11) is 0. The van der Waals surface area contributed by atoms with Crippen molar-refractivity contribution >= 4 is 0 Å². The number of aromatic amines is 1. The van der Waals surface area contributed by atoms with Gasteiger partial charge in [0.05, 0.1) is 0 Å². The van der Waals surface area contributed by atoms with Gasteiger partial charge in [-0.1, -0.05) is 0 Å². The molecule has 0 amide bonds. The molecule has 0 saturated heterocycles. The van der Waals surface area contributed by atoms with Gasteiger partial charge in [-0.15, -0.1) is 0 Å². The van der Waals surface area contributed by atoms with Gasteiger partial charge in [0.2, 0.25) is 0 Å². The van der Waals surface area contributed by atoms with Gasteiger partial charge in [-0.3, -0.25) is 0 Å². The molecular weight excluding hydrogens is 110 g/mol. The smallest absolute Gasteiger partial charge is 0.00403 e. The number of fused-ring (bicyclic) bond motifs is 1. The summed E-state index contributed by atoms with van der Waals surface area (Å²) in [6.07, 6.45) is 10.2. The summed E-state index contributed by atoms with van der Waals surface area (Å²) in [6, 6.07) is 0. The van der Waals surface area contributed by atoms with Crippen molar-refractivity contribution in [3.63, 3.8) is 0 Å². The minimum Gasteiger partial charge on any atom is -0.367 e. The Morgan fingerprint density at radius 2 is 2.11 bits per heavy atom. The van der Waals surface area contributed by atoms with Crippen LogP contribution in [0, 0.1) is 6.42 Å². The molecule has 1 radical (unpaired) electrons. The van der Waals surface area contributed by atoms with Crippen molar-refractivity contribution in [2.75, 3.05) is 0 Å². The van der Waals surface area contributed by atoms with Crippen molar-refractivity contribution in [2.45, 2.75) is 19.3 Å². The third-order valence-corrected chi connectivity index (χ3v) is 1.91. The van der Waals surface area contributed by atoms with E-state index < -0.39 is 0 Å². The number of aryl methyl sites for hydroxylation is 1. The molecule has 0 saturated carbocycles. The van der Waals surface area contributed by atoms with Crippen LogP contribution in [0.4, 0.5) is 0 Å². The van der Waals surface area contributed by atoms with Crippen molar-refractivity contribution in [2.24, 2.45) is 0 Å². The molecule has 1 heterocycles. The lowest BCUT2D eigenvalue weighted by Gasteiger charge is -2.08. The second kappa shape index (κ2) is 1.90. The van der Waals surface area contributed by atoms with Crippen molar-refractivity contribution in [1.82, 2.24) is 4.98 Å². The van der Waals surface area contributed by atoms with Crippen LogP contribution in [-0.4, -0.2) is 4.98 Å². The highest BCUT2D eigenvalue weighted by Gasteiger charge is 2.07. The topological polar surface area (TPSA) is 15.8 Å². The van der Waals surface area contributed by atoms with Crippen LogP contribution in [0.2, 0.25) is 0 Å². The molecule has 0 unspecified atom stereocenters. The first kappa shape index (κ1) is 5.10. The van der Waals surface area contributed by atoms with E-state index in [9.17, 15) is 0 Å². The van der Waals surface area contributed by atoms with E-state index in [0.717, 1.165) is 0 Å². The number of H-pyrrole nitrogens is 1. The Kier molecular flexibility index (Phi) is 1.08. The van der Waals surface area contributed by atoms with E-state index in [-0.39, 0.29) is 0 Å². The third kappa shape index (κ3) is 0.766. The highest BCUT2D eigenvalue weighted by Crippen LogP contribution is 2.18. The van der Waals surface area contributed by atoms with Crippen molar-refractivity contribution in [1.29, 1.82) is 0 Å². The Labute approximate surface area is 55.1 Å². The highest BCUT2D eigenvalue weighted by molar-refractivity contribution is 5.27. The zero-order chi connectivity index (χ0) is 6.10. The molecule has 0 fully saturated rings. The molecule has 0 spiro atoms. The first-order chi connectivity index (χ1) is 4.47. The van der Waals surface area contributed by atoms with E-state index in [2.05, 4.69) is 23.8 Å². The maximum atomic E-state index is 3.12. The summed E-state index contributed by atoms with van der Waals surface area (Å²) in [5.41, 5.74) is 3.00. The Balaban J connectivity index is 2.39. The predicted octanol–water partition coefficient (Wildman–Crippen LogP) is 1.71. The Hall–Kier alpha value is -0.720. The molecule has 47 valence electrons. The number of nitrogens with one attached hydrogen (secondary N) is 1. The molecule has 9 heavy (non-hydrogen) atoms. The molecule has 0 bridgehead atoms.